The van der Waals surface area contributed by atoms with Gasteiger partial charge in [-0.05, 0) is 6.07 Å². The van der Waals surface area contributed by atoms with Crippen LogP contribution in [0.3, 0.4) is 0 Å². The fraction of sp³-hybridized carbons (Fsp3) is 0.0833. The number of hydrogen-bond donors (Lipinski definition) is 0. The molecule has 0 aromatic carbocycles. The number of nitriles is 1. The van der Waals surface area contributed by atoms with Gasteiger partial charge in [-0.3, -0.25) is 4.68 Å². The summed E-state index contributed by atoms with van der Waals surface area (Å²) in [5, 5.41) is 17.1. The third-order valence-electron chi connectivity index (χ3n) is 2.58. The number of rotatable bonds is 1. The van der Waals surface area contributed by atoms with Gasteiger partial charge in [-0.1, -0.05) is 0 Å². The summed E-state index contributed by atoms with van der Waals surface area (Å²) in [7, 11) is 1.87. The molecule has 0 aliphatic heterocycles. The number of pyridine rings is 1. The quantitative estimate of drug-likeness (QED) is 0.625. The highest BCUT2D eigenvalue weighted by atomic mass is 15.2. The number of nitrogens with zero attached hydrogens (tertiary/aromatic N) is 5. The minimum atomic E-state index is 0.530. The first-order chi connectivity index (χ1) is 8.28. The number of hydrogen-bond acceptors (Lipinski definition) is 3. The van der Waals surface area contributed by atoms with Crippen molar-refractivity contribution in [3.8, 4) is 17.2 Å². The maximum atomic E-state index is 8.88. The largest absolute Gasteiger partial charge is 0.275 e. The van der Waals surface area contributed by atoms with E-state index in [9.17, 15) is 0 Å². The summed E-state index contributed by atoms with van der Waals surface area (Å²) in [6.07, 6.45) is 7.11. The van der Waals surface area contributed by atoms with Crippen LogP contribution in [-0.2, 0) is 7.05 Å². The number of fused-ring (bicyclic) bond motifs is 1. The Balaban J connectivity index is 2.18. The monoisotopic (exact) mass is 222 g/mol. The molecule has 0 bridgehead atoms. The van der Waals surface area contributed by atoms with Crippen LogP contribution < -0.4 is 0 Å². The molecule has 0 N–H and O–H groups in total. The molecule has 3 aromatic heterocycles. The normalized spacial score (nSPS) is 10.6. The van der Waals surface area contributed by atoms with E-state index in [1.54, 1.807) is 21.6 Å². The zero-order valence-electron chi connectivity index (χ0n) is 9.12. The predicted molar refractivity (Wildman–Crippen MR) is 60.9 cm³/mol. The molecule has 1 radical (unpaired) electrons. The Morgan fingerprint density at radius 2 is 2.12 bits per heavy atom. The van der Waals surface area contributed by atoms with Crippen LogP contribution in [0.2, 0.25) is 0 Å². The second-order valence-electron chi connectivity index (χ2n) is 3.74. The Kier molecular flexibility index (Phi) is 1.95. The van der Waals surface area contributed by atoms with Crippen molar-refractivity contribution in [1.29, 1.82) is 5.26 Å². The van der Waals surface area contributed by atoms with Crippen LogP contribution >= 0.6 is 0 Å². The minimum absolute atomic E-state index is 0.530. The fourth-order valence-corrected chi connectivity index (χ4v) is 1.73. The lowest BCUT2D eigenvalue weighted by molar-refractivity contribution is 0.768. The highest BCUT2D eigenvalue weighted by Crippen LogP contribution is 2.19. The molecule has 0 aliphatic carbocycles. The molecule has 0 saturated carbocycles. The van der Waals surface area contributed by atoms with E-state index < -0.39 is 0 Å². The van der Waals surface area contributed by atoms with Gasteiger partial charge in [0.1, 0.15) is 6.07 Å². The van der Waals surface area contributed by atoms with E-state index in [4.69, 9.17) is 5.26 Å². The van der Waals surface area contributed by atoms with Crippen LogP contribution in [0.4, 0.5) is 0 Å². The summed E-state index contributed by atoms with van der Waals surface area (Å²) < 4.78 is 3.39. The SMILES string of the molecule is Cn1cc(-c2c[c]c3c(C#N)cnn3c2)cn1. The molecule has 0 saturated heterocycles. The summed E-state index contributed by atoms with van der Waals surface area (Å²) in [5.41, 5.74) is 3.20. The second kappa shape index (κ2) is 3.46. The molecule has 0 aliphatic rings. The highest BCUT2D eigenvalue weighted by Gasteiger charge is 2.06. The topological polar surface area (TPSA) is 58.9 Å². The highest BCUT2D eigenvalue weighted by molar-refractivity contribution is 5.66. The Bertz CT molecular complexity index is 729. The molecule has 3 heterocycles. The smallest absolute Gasteiger partial charge is 0.103 e. The molecule has 0 fully saturated rings. The Morgan fingerprint density at radius 1 is 1.24 bits per heavy atom. The van der Waals surface area contributed by atoms with Crippen LogP contribution in [0, 0.1) is 17.4 Å². The minimum Gasteiger partial charge on any atom is -0.275 e. The average molecular weight is 222 g/mol. The van der Waals surface area contributed by atoms with Crippen LogP contribution in [0.25, 0.3) is 16.6 Å². The molecule has 0 atom stereocenters. The Morgan fingerprint density at radius 3 is 2.82 bits per heavy atom. The summed E-state index contributed by atoms with van der Waals surface area (Å²) in [5.74, 6) is 0. The van der Waals surface area contributed by atoms with E-state index in [0.717, 1.165) is 11.1 Å². The van der Waals surface area contributed by atoms with Gasteiger partial charge in [0.25, 0.3) is 0 Å². The van der Waals surface area contributed by atoms with Crippen LogP contribution in [-0.4, -0.2) is 19.4 Å². The van der Waals surface area contributed by atoms with Gasteiger partial charge in [0.2, 0.25) is 0 Å². The van der Waals surface area contributed by atoms with E-state index >= 15 is 0 Å². The lowest BCUT2D eigenvalue weighted by Crippen LogP contribution is -1.88. The lowest BCUT2D eigenvalue weighted by atomic mass is 10.1. The van der Waals surface area contributed by atoms with Crippen LogP contribution in [0.5, 0.6) is 0 Å². The second-order valence-corrected chi connectivity index (χ2v) is 3.74. The van der Waals surface area contributed by atoms with Crippen molar-refractivity contribution in [2.75, 3.05) is 0 Å². The van der Waals surface area contributed by atoms with Gasteiger partial charge in [-0.2, -0.15) is 15.5 Å². The van der Waals surface area contributed by atoms with E-state index in [2.05, 4.69) is 22.3 Å². The van der Waals surface area contributed by atoms with Gasteiger partial charge < -0.3 is 0 Å². The van der Waals surface area contributed by atoms with E-state index in [0.29, 0.717) is 11.1 Å². The Hall–Kier alpha value is -2.61. The molecule has 0 amide bonds. The van der Waals surface area contributed by atoms with Gasteiger partial charge in [0, 0.05) is 36.6 Å². The first-order valence-electron chi connectivity index (χ1n) is 5.06. The molecule has 17 heavy (non-hydrogen) atoms. The molecular formula is C12H8N5. The van der Waals surface area contributed by atoms with Crippen molar-refractivity contribution >= 4 is 5.52 Å². The number of aryl methyl sites for hydroxylation is 1. The van der Waals surface area contributed by atoms with Gasteiger partial charge in [0.15, 0.2) is 0 Å². The zero-order chi connectivity index (χ0) is 11.8. The van der Waals surface area contributed by atoms with E-state index in [1.807, 2.05) is 25.5 Å². The third kappa shape index (κ3) is 1.47. The van der Waals surface area contributed by atoms with Crippen molar-refractivity contribution in [2.24, 2.45) is 7.05 Å². The van der Waals surface area contributed by atoms with Crippen molar-refractivity contribution in [3.63, 3.8) is 0 Å². The summed E-state index contributed by atoms with van der Waals surface area (Å²) in [6.45, 7) is 0. The first-order valence-corrected chi connectivity index (χ1v) is 5.06. The summed E-state index contributed by atoms with van der Waals surface area (Å²) in [4.78, 5) is 0. The van der Waals surface area contributed by atoms with Crippen molar-refractivity contribution in [2.45, 2.75) is 0 Å². The predicted octanol–water partition coefficient (Wildman–Crippen LogP) is 1.41. The molecule has 0 unspecified atom stereocenters. The van der Waals surface area contributed by atoms with E-state index in [1.165, 1.54) is 0 Å². The molecular weight excluding hydrogens is 214 g/mol. The van der Waals surface area contributed by atoms with E-state index in [-0.39, 0.29) is 0 Å². The first kappa shape index (κ1) is 9.60. The van der Waals surface area contributed by atoms with Gasteiger partial charge in [-0.15, -0.1) is 0 Å². The number of aromatic nitrogens is 4. The van der Waals surface area contributed by atoms with Crippen molar-refractivity contribution < 1.29 is 0 Å². The Labute approximate surface area is 97.5 Å². The van der Waals surface area contributed by atoms with Gasteiger partial charge in [0.05, 0.1) is 23.5 Å². The average Bonchev–Trinajstić information content (AvgIpc) is 2.94. The maximum Gasteiger partial charge on any atom is 0.103 e. The molecule has 5 heteroatoms. The summed E-state index contributed by atoms with van der Waals surface area (Å²) >= 11 is 0. The molecule has 0 spiro atoms. The standard InChI is InChI=1S/C12H8N5/c1-16-7-11(6-14-16)9-2-3-12-10(4-13)5-15-17(12)8-9/h2,5-8H,1H3. The lowest BCUT2D eigenvalue weighted by Gasteiger charge is -1.98. The maximum absolute atomic E-state index is 8.88. The third-order valence-corrected chi connectivity index (χ3v) is 2.58. The fourth-order valence-electron chi connectivity index (χ4n) is 1.73. The molecule has 3 aromatic rings. The molecule has 5 nitrogen and oxygen atoms in total. The molecule has 3 rings (SSSR count). The van der Waals surface area contributed by atoms with Crippen LogP contribution in [0.15, 0.2) is 30.9 Å². The van der Waals surface area contributed by atoms with Crippen molar-refractivity contribution in [3.05, 3.63) is 42.5 Å². The molecule has 81 valence electrons. The zero-order valence-corrected chi connectivity index (χ0v) is 9.12. The van der Waals surface area contributed by atoms with Gasteiger partial charge in [-0.25, -0.2) is 4.52 Å². The summed E-state index contributed by atoms with van der Waals surface area (Å²) in [6, 6.07) is 6.99. The van der Waals surface area contributed by atoms with Crippen molar-refractivity contribution in [1.82, 2.24) is 19.4 Å². The van der Waals surface area contributed by atoms with Gasteiger partial charge >= 0.3 is 0 Å². The van der Waals surface area contributed by atoms with Crippen LogP contribution in [0.1, 0.15) is 5.56 Å².